The highest BCUT2D eigenvalue weighted by atomic mass is 35.5. The molecule has 1 aromatic carbocycles. The first-order valence-electron chi connectivity index (χ1n) is 5.72. The van der Waals surface area contributed by atoms with E-state index >= 15 is 0 Å². The minimum atomic E-state index is 0.365. The molecule has 0 saturated heterocycles. The number of hydrogen-bond acceptors (Lipinski definition) is 3. The summed E-state index contributed by atoms with van der Waals surface area (Å²) in [6.45, 7) is 2.77. The van der Waals surface area contributed by atoms with Crippen LogP contribution in [-0.2, 0) is 4.74 Å². The van der Waals surface area contributed by atoms with E-state index in [1.807, 2.05) is 6.92 Å². The van der Waals surface area contributed by atoms with E-state index in [0.29, 0.717) is 27.9 Å². The Morgan fingerprint density at radius 2 is 1.94 bits per heavy atom. The third-order valence-corrected chi connectivity index (χ3v) is 3.51. The zero-order valence-corrected chi connectivity index (χ0v) is 11.2. The van der Waals surface area contributed by atoms with E-state index in [0.717, 1.165) is 25.1 Å². The second-order valence-corrected chi connectivity index (χ2v) is 5.06. The van der Waals surface area contributed by atoms with Gasteiger partial charge >= 0.3 is 0 Å². The fourth-order valence-electron chi connectivity index (χ4n) is 1.99. The summed E-state index contributed by atoms with van der Waals surface area (Å²) in [6.07, 6.45) is 2.35. The minimum absolute atomic E-state index is 0.365. The molecular formula is C12H16Cl2N2O. The fourth-order valence-corrected chi connectivity index (χ4v) is 2.60. The average Bonchev–Trinajstić information content (AvgIpc) is 2.18. The number of nitrogens with two attached hydrogens (primary N) is 1. The topological polar surface area (TPSA) is 47.3 Å². The molecule has 1 aliphatic rings. The lowest BCUT2D eigenvalue weighted by molar-refractivity contribution is 0.00299. The number of nitrogens with one attached hydrogen (secondary N) is 1. The van der Waals surface area contributed by atoms with Crippen molar-refractivity contribution in [3.63, 3.8) is 0 Å². The zero-order chi connectivity index (χ0) is 12.4. The molecule has 0 unspecified atom stereocenters. The van der Waals surface area contributed by atoms with Crippen molar-refractivity contribution in [2.24, 2.45) is 0 Å². The Morgan fingerprint density at radius 3 is 2.47 bits per heavy atom. The molecule has 3 N–H and O–H groups in total. The Balaban J connectivity index is 1.97. The molecule has 0 radical (unpaired) electrons. The molecule has 1 aromatic rings. The Morgan fingerprint density at radius 1 is 1.35 bits per heavy atom. The Hall–Kier alpha value is -0.640. The van der Waals surface area contributed by atoms with Gasteiger partial charge in [-0.05, 0) is 31.9 Å². The Labute approximate surface area is 111 Å². The van der Waals surface area contributed by atoms with E-state index in [9.17, 15) is 0 Å². The molecule has 17 heavy (non-hydrogen) atoms. The van der Waals surface area contributed by atoms with E-state index in [1.54, 1.807) is 12.1 Å². The summed E-state index contributed by atoms with van der Waals surface area (Å²) >= 11 is 12.2. The summed E-state index contributed by atoms with van der Waals surface area (Å²) in [5.74, 6) is 0. The third-order valence-electron chi connectivity index (χ3n) is 2.91. The van der Waals surface area contributed by atoms with Crippen molar-refractivity contribution >= 4 is 34.6 Å². The molecule has 2 rings (SSSR count). The smallest absolute Gasteiger partial charge is 0.0722 e. The molecule has 0 bridgehead atoms. The molecule has 0 aliphatic heterocycles. The van der Waals surface area contributed by atoms with Crippen LogP contribution in [0.15, 0.2) is 12.1 Å². The molecule has 1 saturated carbocycles. The average molecular weight is 275 g/mol. The summed E-state index contributed by atoms with van der Waals surface area (Å²) in [4.78, 5) is 0. The molecule has 0 aromatic heterocycles. The van der Waals surface area contributed by atoms with Gasteiger partial charge < -0.3 is 15.8 Å². The second kappa shape index (κ2) is 5.34. The maximum absolute atomic E-state index is 6.10. The van der Waals surface area contributed by atoms with Crippen molar-refractivity contribution in [2.75, 3.05) is 17.7 Å². The number of benzene rings is 1. The van der Waals surface area contributed by atoms with Crippen LogP contribution in [-0.4, -0.2) is 18.8 Å². The summed E-state index contributed by atoms with van der Waals surface area (Å²) < 4.78 is 5.50. The van der Waals surface area contributed by atoms with Crippen molar-refractivity contribution in [3.05, 3.63) is 22.2 Å². The molecule has 0 atom stereocenters. The first-order valence-corrected chi connectivity index (χ1v) is 6.48. The van der Waals surface area contributed by atoms with Crippen molar-refractivity contribution in [1.29, 1.82) is 0 Å². The highest BCUT2D eigenvalue weighted by Crippen LogP contribution is 2.36. The zero-order valence-electron chi connectivity index (χ0n) is 9.67. The predicted molar refractivity (Wildman–Crippen MR) is 72.9 cm³/mol. The van der Waals surface area contributed by atoms with Gasteiger partial charge in [0.15, 0.2) is 0 Å². The lowest BCUT2D eigenvalue weighted by Crippen LogP contribution is -2.40. The van der Waals surface area contributed by atoms with Crippen LogP contribution in [0, 0.1) is 0 Å². The molecule has 1 fully saturated rings. The van der Waals surface area contributed by atoms with Gasteiger partial charge in [-0.25, -0.2) is 0 Å². The van der Waals surface area contributed by atoms with Gasteiger partial charge in [0.2, 0.25) is 0 Å². The van der Waals surface area contributed by atoms with Gasteiger partial charge in [0, 0.05) is 18.3 Å². The van der Waals surface area contributed by atoms with Crippen molar-refractivity contribution in [2.45, 2.75) is 31.9 Å². The number of anilines is 2. The largest absolute Gasteiger partial charge is 0.399 e. The Kier molecular flexibility index (Phi) is 4.02. The van der Waals surface area contributed by atoms with Crippen LogP contribution >= 0.6 is 23.2 Å². The summed E-state index contributed by atoms with van der Waals surface area (Å²) in [7, 11) is 0. The van der Waals surface area contributed by atoms with Crippen LogP contribution in [0.2, 0.25) is 10.0 Å². The summed E-state index contributed by atoms with van der Waals surface area (Å²) in [5, 5.41) is 4.46. The van der Waals surface area contributed by atoms with Gasteiger partial charge in [0.05, 0.1) is 21.8 Å². The highest BCUT2D eigenvalue weighted by Gasteiger charge is 2.30. The van der Waals surface area contributed by atoms with Crippen LogP contribution in [0.1, 0.15) is 19.8 Å². The maximum atomic E-state index is 6.10. The number of ether oxygens (including phenoxy) is 1. The number of rotatable bonds is 4. The monoisotopic (exact) mass is 274 g/mol. The van der Waals surface area contributed by atoms with Gasteiger partial charge in [-0.1, -0.05) is 23.2 Å². The SMILES string of the molecule is CCOC1CC(Nc2c(Cl)cc(N)cc2Cl)C1. The van der Waals surface area contributed by atoms with Crippen molar-refractivity contribution in [1.82, 2.24) is 0 Å². The van der Waals surface area contributed by atoms with Crippen LogP contribution in [0.5, 0.6) is 0 Å². The molecule has 3 nitrogen and oxygen atoms in total. The van der Waals surface area contributed by atoms with Crippen LogP contribution in [0.3, 0.4) is 0 Å². The highest BCUT2D eigenvalue weighted by molar-refractivity contribution is 6.39. The molecule has 0 spiro atoms. The van der Waals surface area contributed by atoms with Crippen molar-refractivity contribution in [3.8, 4) is 0 Å². The van der Waals surface area contributed by atoms with Gasteiger partial charge in [-0.3, -0.25) is 0 Å². The predicted octanol–water partition coefficient (Wildman–Crippen LogP) is 3.56. The summed E-state index contributed by atoms with van der Waals surface area (Å²) in [6, 6.07) is 3.79. The standard InChI is InChI=1S/C12H16Cl2N2O/c1-2-17-9-5-8(6-9)16-12-10(13)3-7(15)4-11(12)14/h3-4,8-9,16H,2,5-6,15H2,1H3. The molecule has 0 heterocycles. The van der Waals surface area contributed by atoms with E-state index in [2.05, 4.69) is 5.32 Å². The normalized spacial score (nSPS) is 23.2. The number of hydrogen-bond donors (Lipinski definition) is 2. The number of halogens is 2. The summed E-state index contributed by atoms with van der Waals surface area (Å²) in [5.41, 5.74) is 6.99. The van der Waals surface area contributed by atoms with E-state index in [4.69, 9.17) is 33.7 Å². The molecular weight excluding hydrogens is 259 g/mol. The first kappa shape index (κ1) is 12.8. The van der Waals surface area contributed by atoms with Gasteiger partial charge in [-0.2, -0.15) is 0 Å². The molecule has 5 heteroatoms. The quantitative estimate of drug-likeness (QED) is 0.826. The molecule has 1 aliphatic carbocycles. The second-order valence-electron chi connectivity index (χ2n) is 4.25. The van der Waals surface area contributed by atoms with E-state index in [-0.39, 0.29) is 0 Å². The van der Waals surface area contributed by atoms with Crippen molar-refractivity contribution < 1.29 is 4.74 Å². The fraction of sp³-hybridized carbons (Fsp3) is 0.500. The molecule has 0 amide bonds. The third kappa shape index (κ3) is 2.97. The number of nitrogen functional groups attached to an aromatic ring is 1. The minimum Gasteiger partial charge on any atom is -0.399 e. The maximum Gasteiger partial charge on any atom is 0.0722 e. The van der Waals surface area contributed by atoms with Crippen LogP contribution in [0.4, 0.5) is 11.4 Å². The lowest BCUT2D eigenvalue weighted by Gasteiger charge is -2.36. The van der Waals surface area contributed by atoms with Gasteiger partial charge in [0.25, 0.3) is 0 Å². The first-order chi connectivity index (χ1) is 8.10. The van der Waals surface area contributed by atoms with E-state index in [1.165, 1.54) is 0 Å². The Bertz CT molecular complexity index is 382. The van der Waals surface area contributed by atoms with Gasteiger partial charge in [0.1, 0.15) is 0 Å². The van der Waals surface area contributed by atoms with Crippen LogP contribution in [0.25, 0.3) is 0 Å². The van der Waals surface area contributed by atoms with Gasteiger partial charge in [-0.15, -0.1) is 0 Å². The molecule has 94 valence electrons. The van der Waals surface area contributed by atoms with Crippen LogP contribution < -0.4 is 11.1 Å². The van der Waals surface area contributed by atoms with E-state index < -0.39 is 0 Å². The lowest BCUT2D eigenvalue weighted by atomic mass is 9.89.